The Labute approximate surface area is 229 Å². The van der Waals surface area contributed by atoms with Gasteiger partial charge in [-0.3, -0.25) is 0 Å². The van der Waals surface area contributed by atoms with E-state index < -0.39 is 8.80 Å². The molecule has 0 atom stereocenters. The van der Waals surface area contributed by atoms with E-state index in [1.807, 2.05) is 0 Å². The van der Waals surface area contributed by atoms with Gasteiger partial charge in [0.1, 0.15) is 0 Å². The Kier molecular flexibility index (Phi) is 29.7. The topological polar surface area (TPSA) is 27.7 Å². The van der Waals surface area contributed by atoms with E-state index in [4.69, 9.17) is 13.3 Å². The molecule has 0 heterocycles. The Hall–Kier alpha value is 0.0969. The second-order valence-electron chi connectivity index (χ2n) is 11.2. The van der Waals surface area contributed by atoms with Gasteiger partial charge < -0.3 is 13.3 Å². The molecule has 0 aliphatic rings. The molecule has 0 aliphatic heterocycles. The van der Waals surface area contributed by atoms with E-state index in [0.29, 0.717) is 0 Å². The van der Waals surface area contributed by atoms with Crippen LogP contribution in [0.2, 0.25) is 6.04 Å². The normalized spacial score (nSPS) is 12.0. The fourth-order valence-corrected chi connectivity index (χ4v) is 7.28. The highest BCUT2D eigenvalue weighted by molar-refractivity contribution is 6.60. The molecular weight excluding hydrogens is 460 g/mol. The molecule has 0 fully saturated rings. The Bertz CT molecular complexity index is 401. The van der Waals surface area contributed by atoms with E-state index in [9.17, 15) is 0 Å². The van der Waals surface area contributed by atoms with Crippen LogP contribution in [0, 0.1) is 0 Å². The van der Waals surface area contributed by atoms with Crippen molar-refractivity contribution in [2.75, 3.05) is 20.8 Å². The molecule has 36 heavy (non-hydrogen) atoms. The third-order valence-electron chi connectivity index (χ3n) is 7.78. The lowest BCUT2D eigenvalue weighted by atomic mass is 10.0. The minimum absolute atomic E-state index is 0.796. The predicted molar refractivity (Wildman–Crippen MR) is 162 cm³/mol. The Morgan fingerprint density at radius 1 is 0.361 bits per heavy atom. The molecule has 0 spiro atoms. The fourth-order valence-electron chi connectivity index (χ4n) is 5.18. The first-order valence-corrected chi connectivity index (χ1v) is 18.4. The van der Waals surface area contributed by atoms with E-state index >= 15 is 0 Å². The van der Waals surface area contributed by atoms with Crippen molar-refractivity contribution in [1.82, 2.24) is 0 Å². The second kappa shape index (κ2) is 29.6. The molecule has 0 aromatic heterocycles. The summed E-state index contributed by atoms with van der Waals surface area (Å²) in [6.07, 6.45) is 35.9. The van der Waals surface area contributed by atoms with Crippen LogP contribution in [0.3, 0.4) is 0 Å². The molecule has 0 aromatic carbocycles. The van der Waals surface area contributed by atoms with Crippen molar-refractivity contribution >= 4 is 8.80 Å². The summed E-state index contributed by atoms with van der Waals surface area (Å²) in [5.74, 6) is 0. The molecule has 0 bridgehead atoms. The highest BCUT2D eigenvalue weighted by Gasteiger charge is 2.38. The van der Waals surface area contributed by atoms with Gasteiger partial charge in [0.05, 0.1) is 0 Å². The molecule has 0 saturated carbocycles. The zero-order chi connectivity index (χ0) is 26.4. The molecule has 0 rings (SSSR count). The molecule has 0 aromatic rings. The maximum Gasteiger partial charge on any atom is 0.500 e. The average Bonchev–Trinajstić information content (AvgIpc) is 2.90. The van der Waals surface area contributed by atoms with Crippen molar-refractivity contribution < 1.29 is 13.3 Å². The molecule has 0 N–H and O–H groups in total. The van der Waals surface area contributed by atoms with Crippen LogP contribution in [0.4, 0.5) is 0 Å². The SMILES string of the molecule is CCCCCCCCCCCCCCCCCO[Si](CCCCCCCCCCCCC)(OC)OC. The quantitative estimate of drug-likeness (QED) is 0.0661. The van der Waals surface area contributed by atoms with Crippen LogP contribution >= 0.6 is 0 Å². The van der Waals surface area contributed by atoms with Gasteiger partial charge in [0, 0.05) is 26.9 Å². The molecule has 0 radical (unpaired) electrons. The summed E-state index contributed by atoms with van der Waals surface area (Å²) < 4.78 is 17.8. The average molecular weight is 529 g/mol. The predicted octanol–water partition coefficient (Wildman–Crippen LogP) is 11.4. The number of unbranched alkanes of at least 4 members (excludes halogenated alkanes) is 24. The van der Waals surface area contributed by atoms with Crippen LogP contribution in [-0.4, -0.2) is 29.6 Å². The van der Waals surface area contributed by atoms with Gasteiger partial charge in [-0.1, -0.05) is 168 Å². The van der Waals surface area contributed by atoms with Crippen molar-refractivity contribution in [2.45, 2.75) is 187 Å². The van der Waals surface area contributed by atoms with E-state index in [-0.39, 0.29) is 0 Å². The van der Waals surface area contributed by atoms with Crippen molar-refractivity contribution in [3.63, 3.8) is 0 Å². The number of hydrogen-bond donors (Lipinski definition) is 0. The van der Waals surface area contributed by atoms with Crippen molar-refractivity contribution in [1.29, 1.82) is 0 Å². The van der Waals surface area contributed by atoms with Gasteiger partial charge in [-0.15, -0.1) is 0 Å². The van der Waals surface area contributed by atoms with Crippen LogP contribution in [0.1, 0.15) is 181 Å². The van der Waals surface area contributed by atoms with Crippen LogP contribution in [-0.2, 0) is 13.3 Å². The molecule has 0 unspecified atom stereocenters. The third-order valence-corrected chi connectivity index (χ3v) is 10.6. The molecule has 3 nitrogen and oxygen atoms in total. The Morgan fingerprint density at radius 3 is 0.944 bits per heavy atom. The molecule has 0 aliphatic carbocycles. The van der Waals surface area contributed by atoms with Gasteiger partial charge in [-0.05, 0) is 12.8 Å². The van der Waals surface area contributed by atoms with Gasteiger partial charge in [-0.25, -0.2) is 0 Å². The maximum absolute atomic E-state index is 6.23. The summed E-state index contributed by atoms with van der Waals surface area (Å²) in [6.45, 7) is 5.38. The maximum atomic E-state index is 6.23. The van der Waals surface area contributed by atoms with Crippen LogP contribution < -0.4 is 0 Å². The van der Waals surface area contributed by atoms with Gasteiger partial charge in [0.25, 0.3) is 0 Å². The molecular formula is C32H68O3Si. The lowest BCUT2D eigenvalue weighted by Crippen LogP contribution is -2.44. The van der Waals surface area contributed by atoms with Crippen LogP contribution in [0.15, 0.2) is 0 Å². The highest BCUT2D eigenvalue weighted by atomic mass is 28.4. The summed E-state index contributed by atoms with van der Waals surface area (Å²) in [6, 6.07) is 0.968. The number of rotatable bonds is 31. The smallest absolute Gasteiger partial charge is 0.377 e. The van der Waals surface area contributed by atoms with Gasteiger partial charge in [-0.2, -0.15) is 0 Å². The van der Waals surface area contributed by atoms with Crippen LogP contribution in [0.25, 0.3) is 0 Å². The number of hydrogen-bond acceptors (Lipinski definition) is 3. The summed E-state index contributed by atoms with van der Waals surface area (Å²) in [5.41, 5.74) is 0. The Morgan fingerprint density at radius 2 is 0.639 bits per heavy atom. The van der Waals surface area contributed by atoms with E-state index in [1.165, 1.54) is 161 Å². The zero-order valence-corrected chi connectivity index (χ0v) is 26.5. The molecule has 4 heteroatoms. The highest BCUT2D eigenvalue weighted by Crippen LogP contribution is 2.20. The zero-order valence-electron chi connectivity index (χ0n) is 25.5. The van der Waals surface area contributed by atoms with E-state index in [0.717, 1.165) is 19.1 Å². The molecule has 218 valence electrons. The van der Waals surface area contributed by atoms with Gasteiger partial charge in [0.2, 0.25) is 0 Å². The second-order valence-corrected chi connectivity index (χ2v) is 14.1. The summed E-state index contributed by atoms with van der Waals surface area (Å²) in [7, 11) is 1.11. The van der Waals surface area contributed by atoms with E-state index in [2.05, 4.69) is 13.8 Å². The van der Waals surface area contributed by atoms with Gasteiger partial charge >= 0.3 is 8.80 Å². The van der Waals surface area contributed by atoms with Crippen molar-refractivity contribution in [2.24, 2.45) is 0 Å². The van der Waals surface area contributed by atoms with Crippen molar-refractivity contribution in [3.8, 4) is 0 Å². The first-order valence-electron chi connectivity index (χ1n) is 16.5. The summed E-state index contributed by atoms with van der Waals surface area (Å²) in [4.78, 5) is 0. The first-order chi connectivity index (χ1) is 17.7. The lowest BCUT2D eigenvalue weighted by Gasteiger charge is -2.26. The first kappa shape index (κ1) is 36.1. The largest absolute Gasteiger partial charge is 0.500 e. The summed E-state index contributed by atoms with van der Waals surface area (Å²) >= 11 is 0. The Balaban J connectivity index is 3.53. The van der Waals surface area contributed by atoms with Crippen LogP contribution in [0.5, 0.6) is 0 Å². The minimum Gasteiger partial charge on any atom is -0.377 e. The molecule has 0 amide bonds. The van der Waals surface area contributed by atoms with Gasteiger partial charge in [0.15, 0.2) is 0 Å². The fraction of sp³-hybridized carbons (Fsp3) is 1.00. The summed E-state index contributed by atoms with van der Waals surface area (Å²) in [5, 5.41) is 0. The van der Waals surface area contributed by atoms with Crippen molar-refractivity contribution in [3.05, 3.63) is 0 Å². The van der Waals surface area contributed by atoms with E-state index in [1.54, 1.807) is 14.2 Å². The minimum atomic E-state index is -2.44. The standard InChI is InChI=1S/C32H68O3Si/c1-5-7-9-11-13-15-17-18-19-20-21-23-25-27-29-31-35-36(33-3,34-4)32-30-28-26-24-22-16-14-12-10-8-6-2/h5-32H2,1-4H3. The third kappa shape index (κ3) is 24.4. The lowest BCUT2D eigenvalue weighted by molar-refractivity contribution is 0.0955. The molecule has 0 saturated heterocycles. The monoisotopic (exact) mass is 528 g/mol.